The van der Waals surface area contributed by atoms with Crippen molar-refractivity contribution in [1.29, 1.82) is 0 Å². The molecule has 1 fully saturated rings. The fourth-order valence-corrected chi connectivity index (χ4v) is 1.38. The number of nitrogen functional groups attached to an aromatic ring is 1. The first-order chi connectivity index (χ1) is 7.20. The summed E-state index contributed by atoms with van der Waals surface area (Å²) in [6, 6.07) is 5.23. The monoisotopic (exact) mass is 206 g/mol. The molecule has 15 heavy (non-hydrogen) atoms. The molecule has 3 N–H and O–H groups in total. The number of carbonyl (C=O) groups excluding carboxylic acids is 1. The van der Waals surface area contributed by atoms with Gasteiger partial charge in [-0.05, 0) is 25.0 Å². The van der Waals surface area contributed by atoms with Crippen LogP contribution in [-0.2, 0) is 4.79 Å². The van der Waals surface area contributed by atoms with Crippen LogP contribution in [0.25, 0.3) is 0 Å². The fourth-order valence-electron chi connectivity index (χ4n) is 1.38. The number of anilines is 2. The van der Waals surface area contributed by atoms with Crippen molar-refractivity contribution >= 4 is 17.3 Å². The molecule has 80 valence electrons. The standard InChI is InChI=1S/C11H14N2O2/c1-15-10-6-8(4-5-9(10)12)13-11(14)7-2-3-7/h4-7H,2-3,12H2,1H3,(H,13,14). The fraction of sp³-hybridized carbons (Fsp3) is 0.364. The molecule has 0 bridgehead atoms. The van der Waals surface area contributed by atoms with Gasteiger partial charge in [0.25, 0.3) is 0 Å². The normalized spacial score (nSPS) is 14.7. The highest BCUT2D eigenvalue weighted by molar-refractivity contribution is 5.94. The van der Waals surface area contributed by atoms with Gasteiger partial charge in [-0.1, -0.05) is 0 Å². The zero-order valence-electron chi connectivity index (χ0n) is 8.62. The molecule has 1 aliphatic carbocycles. The van der Waals surface area contributed by atoms with Crippen LogP contribution in [0.15, 0.2) is 18.2 Å². The van der Waals surface area contributed by atoms with Crippen molar-refractivity contribution in [3.05, 3.63) is 18.2 Å². The molecule has 0 spiro atoms. The predicted molar refractivity (Wildman–Crippen MR) is 58.8 cm³/mol. The summed E-state index contributed by atoms with van der Waals surface area (Å²) in [5, 5.41) is 2.83. The number of rotatable bonds is 3. The van der Waals surface area contributed by atoms with E-state index in [1.807, 2.05) is 0 Å². The van der Waals surface area contributed by atoms with Crippen LogP contribution < -0.4 is 15.8 Å². The molecule has 1 aromatic rings. The largest absolute Gasteiger partial charge is 0.495 e. The van der Waals surface area contributed by atoms with Crippen LogP contribution in [-0.4, -0.2) is 13.0 Å². The second-order valence-corrected chi connectivity index (χ2v) is 3.72. The molecule has 0 unspecified atom stereocenters. The van der Waals surface area contributed by atoms with Gasteiger partial charge in [-0.2, -0.15) is 0 Å². The molecule has 1 aliphatic rings. The number of amides is 1. The van der Waals surface area contributed by atoms with Gasteiger partial charge < -0.3 is 15.8 Å². The van der Waals surface area contributed by atoms with Crippen molar-refractivity contribution in [2.45, 2.75) is 12.8 Å². The number of benzene rings is 1. The first-order valence-corrected chi connectivity index (χ1v) is 4.95. The minimum Gasteiger partial charge on any atom is -0.495 e. The van der Waals surface area contributed by atoms with Crippen LogP contribution in [0.5, 0.6) is 5.75 Å². The molecule has 1 saturated carbocycles. The van der Waals surface area contributed by atoms with Crippen LogP contribution in [0.4, 0.5) is 11.4 Å². The third kappa shape index (κ3) is 2.21. The molecule has 0 aliphatic heterocycles. The smallest absolute Gasteiger partial charge is 0.227 e. The zero-order chi connectivity index (χ0) is 10.8. The van der Waals surface area contributed by atoms with Gasteiger partial charge in [0.1, 0.15) is 5.75 Å². The zero-order valence-corrected chi connectivity index (χ0v) is 8.62. The average molecular weight is 206 g/mol. The van der Waals surface area contributed by atoms with Crippen molar-refractivity contribution in [3.8, 4) is 5.75 Å². The molecule has 4 nitrogen and oxygen atoms in total. The predicted octanol–water partition coefficient (Wildman–Crippen LogP) is 1.63. The van der Waals surface area contributed by atoms with Crippen LogP contribution in [0.1, 0.15) is 12.8 Å². The Kier molecular flexibility index (Phi) is 2.49. The molecule has 0 radical (unpaired) electrons. The Morgan fingerprint density at radius 2 is 2.27 bits per heavy atom. The Balaban J connectivity index is 2.10. The summed E-state index contributed by atoms with van der Waals surface area (Å²) < 4.78 is 5.07. The third-order valence-corrected chi connectivity index (χ3v) is 2.45. The Labute approximate surface area is 88.4 Å². The van der Waals surface area contributed by atoms with Crippen molar-refractivity contribution in [2.75, 3.05) is 18.2 Å². The maximum Gasteiger partial charge on any atom is 0.227 e. The highest BCUT2D eigenvalue weighted by Crippen LogP contribution is 2.31. The van der Waals surface area contributed by atoms with E-state index in [1.165, 1.54) is 0 Å². The van der Waals surface area contributed by atoms with E-state index in [2.05, 4.69) is 5.32 Å². The topological polar surface area (TPSA) is 64.3 Å². The van der Waals surface area contributed by atoms with Gasteiger partial charge in [-0.25, -0.2) is 0 Å². The summed E-state index contributed by atoms with van der Waals surface area (Å²) in [5.41, 5.74) is 6.97. The summed E-state index contributed by atoms with van der Waals surface area (Å²) in [6.07, 6.45) is 2.00. The maximum atomic E-state index is 11.5. The molecule has 4 heteroatoms. The Bertz CT molecular complexity index is 386. The number of nitrogens with one attached hydrogen (secondary N) is 1. The summed E-state index contributed by atoms with van der Waals surface area (Å²) >= 11 is 0. The Morgan fingerprint density at radius 1 is 1.53 bits per heavy atom. The second kappa shape index (κ2) is 3.81. The number of hydrogen-bond donors (Lipinski definition) is 2. The van der Waals surface area contributed by atoms with E-state index in [-0.39, 0.29) is 11.8 Å². The summed E-state index contributed by atoms with van der Waals surface area (Å²) in [5.74, 6) is 0.874. The number of ether oxygens (including phenoxy) is 1. The molecule has 0 atom stereocenters. The van der Waals surface area contributed by atoms with Crippen LogP contribution in [0, 0.1) is 5.92 Å². The molecule has 0 heterocycles. The highest BCUT2D eigenvalue weighted by Gasteiger charge is 2.29. The molecule has 2 rings (SSSR count). The van der Waals surface area contributed by atoms with Crippen LogP contribution >= 0.6 is 0 Å². The van der Waals surface area contributed by atoms with Gasteiger partial charge in [0.05, 0.1) is 12.8 Å². The van der Waals surface area contributed by atoms with Crippen molar-refractivity contribution in [2.24, 2.45) is 5.92 Å². The second-order valence-electron chi connectivity index (χ2n) is 3.72. The lowest BCUT2D eigenvalue weighted by Crippen LogP contribution is -2.13. The van der Waals surface area contributed by atoms with E-state index in [1.54, 1.807) is 25.3 Å². The number of hydrogen-bond acceptors (Lipinski definition) is 3. The number of carbonyl (C=O) groups is 1. The van der Waals surface area contributed by atoms with E-state index in [0.717, 1.165) is 18.5 Å². The van der Waals surface area contributed by atoms with E-state index in [9.17, 15) is 4.79 Å². The summed E-state index contributed by atoms with van der Waals surface area (Å²) in [6.45, 7) is 0. The maximum absolute atomic E-state index is 11.5. The molecule has 1 aromatic carbocycles. The molecule has 0 aromatic heterocycles. The van der Waals surface area contributed by atoms with E-state index in [0.29, 0.717) is 11.4 Å². The minimum absolute atomic E-state index is 0.0850. The molecular weight excluding hydrogens is 192 g/mol. The van der Waals surface area contributed by atoms with Crippen LogP contribution in [0.2, 0.25) is 0 Å². The SMILES string of the molecule is COc1cc(NC(=O)C2CC2)ccc1N. The third-order valence-electron chi connectivity index (χ3n) is 2.45. The van der Waals surface area contributed by atoms with Crippen molar-refractivity contribution in [1.82, 2.24) is 0 Å². The van der Waals surface area contributed by atoms with Crippen molar-refractivity contribution < 1.29 is 9.53 Å². The number of nitrogens with two attached hydrogens (primary N) is 1. The van der Waals surface area contributed by atoms with E-state index < -0.39 is 0 Å². The van der Waals surface area contributed by atoms with Gasteiger partial charge >= 0.3 is 0 Å². The lowest BCUT2D eigenvalue weighted by Gasteiger charge is -2.08. The average Bonchev–Trinajstić information content (AvgIpc) is 3.04. The summed E-state index contributed by atoms with van der Waals surface area (Å²) in [4.78, 5) is 11.5. The van der Waals surface area contributed by atoms with Gasteiger partial charge in [0.2, 0.25) is 5.91 Å². The molecule has 0 saturated heterocycles. The minimum atomic E-state index is 0.0850. The quantitative estimate of drug-likeness (QED) is 0.739. The first kappa shape index (κ1) is 9.83. The highest BCUT2D eigenvalue weighted by atomic mass is 16.5. The lowest BCUT2D eigenvalue weighted by molar-refractivity contribution is -0.117. The van der Waals surface area contributed by atoms with Crippen LogP contribution in [0.3, 0.4) is 0 Å². The van der Waals surface area contributed by atoms with Gasteiger partial charge in [0, 0.05) is 17.7 Å². The van der Waals surface area contributed by atoms with Gasteiger partial charge in [0.15, 0.2) is 0 Å². The Hall–Kier alpha value is -1.71. The van der Waals surface area contributed by atoms with E-state index >= 15 is 0 Å². The number of methoxy groups -OCH3 is 1. The summed E-state index contributed by atoms with van der Waals surface area (Å²) in [7, 11) is 1.55. The van der Waals surface area contributed by atoms with Gasteiger partial charge in [-0.3, -0.25) is 4.79 Å². The first-order valence-electron chi connectivity index (χ1n) is 4.95. The molecule has 1 amide bonds. The van der Waals surface area contributed by atoms with Crippen molar-refractivity contribution in [3.63, 3.8) is 0 Å². The Morgan fingerprint density at radius 3 is 2.87 bits per heavy atom. The lowest BCUT2D eigenvalue weighted by atomic mass is 10.2. The van der Waals surface area contributed by atoms with E-state index in [4.69, 9.17) is 10.5 Å². The molecular formula is C11H14N2O2. The van der Waals surface area contributed by atoms with Gasteiger partial charge in [-0.15, -0.1) is 0 Å².